The Balaban J connectivity index is 1.35. The van der Waals surface area contributed by atoms with Gasteiger partial charge in [0.25, 0.3) is 0 Å². The number of nitrogens with two attached hydrogens (primary N) is 1. The van der Waals surface area contributed by atoms with Crippen molar-refractivity contribution < 1.29 is 4.74 Å². The number of rotatable bonds is 4. The van der Waals surface area contributed by atoms with Gasteiger partial charge in [-0.2, -0.15) is 0 Å². The first-order chi connectivity index (χ1) is 14.7. The van der Waals surface area contributed by atoms with E-state index >= 15 is 0 Å². The van der Waals surface area contributed by atoms with Crippen molar-refractivity contribution in [3.05, 3.63) is 89.1 Å². The van der Waals surface area contributed by atoms with Crippen molar-refractivity contribution in [2.75, 3.05) is 11.9 Å². The number of aliphatic imine (C=N–C) groups is 1. The average molecular weight is 430 g/mol. The van der Waals surface area contributed by atoms with Gasteiger partial charge in [0.15, 0.2) is 0 Å². The topological polar surface area (TPSA) is 50.8 Å². The molecule has 1 aliphatic heterocycles. The molecule has 2 N–H and O–H groups in total. The SMILES string of the molecule is CN1c2ccccc2Sc2ccc(Oc3ccc(/N=C(\N)c4cccs4)cc3)cc21. The van der Waals surface area contributed by atoms with Gasteiger partial charge in [0, 0.05) is 22.9 Å². The monoisotopic (exact) mass is 429 g/mol. The summed E-state index contributed by atoms with van der Waals surface area (Å²) in [6, 6.07) is 26.2. The number of anilines is 2. The molecule has 1 aromatic heterocycles. The summed E-state index contributed by atoms with van der Waals surface area (Å²) < 4.78 is 6.10. The van der Waals surface area contributed by atoms with Crippen molar-refractivity contribution in [3.63, 3.8) is 0 Å². The van der Waals surface area contributed by atoms with Crippen molar-refractivity contribution in [2.24, 2.45) is 10.7 Å². The van der Waals surface area contributed by atoms with Crippen molar-refractivity contribution in [3.8, 4) is 11.5 Å². The molecule has 0 radical (unpaired) electrons. The van der Waals surface area contributed by atoms with E-state index in [4.69, 9.17) is 10.5 Å². The van der Waals surface area contributed by atoms with Crippen LogP contribution in [0.4, 0.5) is 17.1 Å². The molecule has 3 aromatic carbocycles. The molecule has 2 heterocycles. The van der Waals surface area contributed by atoms with Gasteiger partial charge in [-0.3, -0.25) is 0 Å². The molecule has 0 amide bonds. The highest BCUT2D eigenvalue weighted by Gasteiger charge is 2.20. The van der Waals surface area contributed by atoms with Gasteiger partial charge in [0.1, 0.15) is 17.3 Å². The Hall–Kier alpha value is -3.22. The molecule has 0 bridgehead atoms. The lowest BCUT2D eigenvalue weighted by Gasteiger charge is -2.29. The fourth-order valence-corrected chi connectivity index (χ4v) is 5.08. The first-order valence-corrected chi connectivity index (χ1v) is 11.2. The number of hydrogen-bond acceptors (Lipinski definition) is 5. The molecule has 0 saturated heterocycles. The number of ether oxygens (including phenoxy) is 1. The van der Waals surface area contributed by atoms with E-state index in [2.05, 4.69) is 53.3 Å². The second kappa shape index (κ2) is 7.89. The second-order valence-electron chi connectivity index (χ2n) is 6.83. The maximum absolute atomic E-state index is 6.10. The van der Waals surface area contributed by atoms with Crippen molar-refractivity contribution in [1.29, 1.82) is 0 Å². The van der Waals surface area contributed by atoms with Crippen LogP contribution in [0.3, 0.4) is 0 Å². The number of hydrogen-bond donors (Lipinski definition) is 1. The molecule has 30 heavy (non-hydrogen) atoms. The summed E-state index contributed by atoms with van der Waals surface area (Å²) >= 11 is 3.36. The fraction of sp³-hybridized carbons (Fsp3) is 0.0417. The molecule has 0 unspecified atom stereocenters. The Morgan fingerprint density at radius 1 is 0.867 bits per heavy atom. The average Bonchev–Trinajstić information content (AvgIpc) is 3.31. The van der Waals surface area contributed by atoms with E-state index in [1.807, 2.05) is 47.8 Å². The van der Waals surface area contributed by atoms with Crippen molar-refractivity contribution >= 4 is 46.0 Å². The van der Waals surface area contributed by atoms with Gasteiger partial charge < -0.3 is 15.4 Å². The molecular formula is C24H19N3OS2. The van der Waals surface area contributed by atoms with E-state index in [0.717, 1.165) is 27.8 Å². The van der Waals surface area contributed by atoms with Gasteiger partial charge in [0.05, 0.1) is 21.9 Å². The van der Waals surface area contributed by atoms with E-state index in [-0.39, 0.29) is 0 Å². The molecule has 148 valence electrons. The normalized spacial score (nSPS) is 13.0. The van der Waals surface area contributed by atoms with E-state index in [1.165, 1.54) is 15.5 Å². The number of fused-ring (bicyclic) bond motifs is 2. The summed E-state index contributed by atoms with van der Waals surface area (Å²) in [5.41, 5.74) is 9.21. The molecule has 0 spiro atoms. The number of thiophene rings is 1. The molecular weight excluding hydrogens is 410 g/mol. The minimum Gasteiger partial charge on any atom is -0.457 e. The minimum atomic E-state index is 0.522. The zero-order chi connectivity index (χ0) is 20.5. The van der Waals surface area contributed by atoms with Gasteiger partial charge in [-0.25, -0.2) is 4.99 Å². The van der Waals surface area contributed by atoms with Crippen molar-refractivity contribution in [1.82, 2.24) is 0 Å². The van der Waals surface area contributed by atoms with Crippen LogP contribution in [0.5, 0.6) is 11.5 Å². The lowest BCUT2D eigenvalue weighted by Crippen LogP contribution is -2.14. The van der Waals surface area contributed by atoms with Crippen LogP contribution in [0.1, 0.15) is 4.88 Å². The Morgan fingerprint density at radius 3 is 2.43 bits per heavy atom. The number of benzene rings is 3. The summed E-state index contributed by atoms with van der Waals surface area (Å²) in [6.07, 6.45) is 0. The molecule has 6 heteroatoms. The van der Waals surface area contributed by atoms with E-state index in [1.54, 1.807) is 23.1 Å². The predicted octanol–water partition coefficient (Wildman–Crippen LogP) is 6.81. The van der Waals surface area contributed by atoms with E-state index in [9.17, 15) is 0 Å². The van der Waals surface area contributed by atoms with E-state index in [0.29, 0.717) is 5.84 Å². The standard InChI is InChI=1S/C24H19N3OS2/c1-27-19-5-2-3-6-21(19)30-22-13-12-18(15-20(22)27)28-17-10-8-16(9-11-17)26-24(25)23-7-4-14-29-23/h2-15H,1H3,(H2,25,26). The van der Waals surface area contributed by atoms with Gasteiger partial charge in [0.2, 0.25) is 0 Å². The fourth-order valence-electron chi connectivity index (χ4n) is 3.32. The maximum atomic E-state index is 6.10. The highest BCUT2D eigenvalue weighted by atomic mass is 32.2. The number of amidine groups is 1. The van der Waals surface area contributed by atoms with E-state index < -0.39 is 0 Å². The Kier molecular flexibility index (Phi) is 4.94. The Morgan fingerprint density at radius 2 is 1.63 bits per heavy atom. The molecule has 0 saturated carbocycles. The molecule has 0 fully saturated rings. The third-order valence-corrected chi connectivity index (χ3v) is 6.86. The van der Waals surface area contributed by atoms with Gasteiger partial charge in [-0.15, -0.1) is 11.3 Å². The Bertz CT molecular complexity index is 1220. The van der Waals surface area contributed by atoms with Gasteiger partial charge >= 0.3 is 0 Å². The molecule has 4 nitrogen and oxygen atoms in total. The quantitative estimate of drug-likeness (QED) is 0.286. The van der Waals surface area contributed by atoms with Crippen molar-refractivity contribution in [2.45, 2.75) is 9.79 Å². The van der Waals surface area contributed by atoms with Gasteiger partial charge in [-0.05, 0) is 60.0 Å². The highest BCUT2D eigenvalue weighted by Crippen LogP contribution is 2.48. The lowest BCUT2D eigenvalue weighted by molar-refractivity contribution is 0.482. The van der Waals surface area contributed by atoms with Crippen LogP contribution in [-0.2, 0) is 0 Å². The largest absolute Gasteiger partial charge is 0.457 e. The summed E-state index contributed by atoms with van der Waals surface area (Å²) in [4.78, 5) is 10.1. The predicted molar refractivity (Wildman–Crippen MR) is 126 cm³/mol. The zero-order valence-electron chi connectivity index (χ0n) is 16.3. The summed E-state index contributed by atoms with van der Waals surface area (Å²) in [7, 11) is 2.09. The van der Waals surface area contributed by atoms with Crippen LogP contribution in [0.15, 0.2) is 99.0 Å². The molecule has 4 aromatic rings. The van der Waals surface area contributed by atoms with Crippen LogP contribution < -0.4 is 15.4 Å². The van der Waals surface area contributed by atoms with Crippen LogP contribution in [0.2, 0.25) is 0 Å². The van der Waals surface area contributed by atoms with Crippen LogP contribution in [0.25, 0.3) is 0 Å². The highest BCUT2D eigenvalue weighted by molar-refractivity contribution is 7.99. The maximum Gasteiger partial charge on any atom is 0.141 e. The van der Waals surface area contributed by atoms with Gasteiger partial charge in [-0.1, -0.05) is 30.0 Å². The number of para-hydroxylation sites is 1. The van der Waals surface area contributed by atoms with Crippen LogP contribution in [0, 0.1) is 0 Å². The smallest absolute Gasteiger partial charge is 0.141 e. The first-order valence-electron chi connectivity index (χ1n) is 9.48. The third-order valence-electron chi connectivity index (χ3n) is 4.83. The summed E-state index contributed by atoms with van der Waals surface area (Å²) in [6.45, 7) is 0. The summed E-state index contributed by atoms with van der Waals surface area (Å²) in [5.74, 6) is 2.08. The molecule has 5 rings (SSSR count). The summed E-state index contributed by atoms with van der Waals surface area (Å²) in [5, 5.41) is 1.99. The second-order valence-corrected chi connectivity index (χ2v) is 8.86. The van der Waals surface area contributed by atoms with Crippen LogP contribution >= 0.6 is 23.1 Å². The number of nitrogens with zero attached hydrogens (tertiary/aromatic N) is 2. The van der Waals surface area contributed by atoms with Crippen LogP contribution in [-0.4, -0.2) is 12.9 Å². The Labute approximate surface area is 183 Å². The third kappa shape index (κ3) is 3.67. The minimum absolute atomic E-state index is 0.522. The lowest BCUT2D eigenvalue weighted by atomic mass is 10.2. The molecule has 0 atom stereocenters. The first kappa shape index (κ1) is 18.8. The molecule has 0 aliphatic carbocycles. The zero-order valence-corrected chi connectivity index (χ0v) is 17.9. The molecule has 1 aliphatic rings.